The van der Waals surface area contributed by atoms with E-state index in [1.54, 1.807) is 13.2 Å². The number of nitrogens with zero attached hydrogens (tertiary/aromatic N) is 1. The summed E-state index contributed by atoms with van der Waals surface area (Å²) in [6.07, 6.45) is 0. The number of benzene rings is 2. The molecule has 4 aromatic rings. The molecule has 0 saturated carbocycles. The average Bonchev–Trinajstić information content (AvgIpc) is 3.31. The standard InChI is InChI=1S/C19H14N2O3S/c1-23-14-8-9-16-15(11-14)21-19(24-16)12-4-6-13(7-5-12)20-18(22)17-3-2-10-25-17/h2-11H,1H3,(H,20,22). The second-order valence-corrected chi connectivity index (χ2v) is 6.31. The second-order valence-electron chi connectivity index (χ2n) is 5.36. The number of amides is 1. The molecule has 0 bridgehead atoms. The number of hydrogen-bond acceptors (Lipinski definition) is 5. The molecule has 0 spiro atoms. The van der Waals surface area contributed by atoms with Crippen LogP contribution in [0.25, 0.3) is 22.6 Å². The van der Waals surface area contributed by atoms with Crippen LogP contribution in [0.3, 0.4) is 0 Å². The van der Waals surface area contributed by atoms with Gasteiger partial charge >= 0.3 is 0 Å². The van der Waals surface area contributed by atoms with Crippen molar-refractivity contribution in [3.05, 3.63) is 64.9 Å². The topological polar surface area (TPSA) is 64.4 Å². The van der Waals surface area contributed by atoms with E-state index in [1.807, 2.05) is 53.9 Å². The molecule has 1 N–H and O–H groups in total. The van der Waals surface area contributed by atoms with Crippen LogP contribution in [0.15, 0.2) is 64.4 Å². The Kier molecular flexibility index (Phi) is 3.95. The second kappa shape index (κ2) is 6.41. The molecule has 0 saturated heterocycles. The van der Waals surface area contributed by atoms with Crippen molar-refractivity contribution < 1.29 is 13.9 Å². The van der Waals surface area contributed by atoms with Crippen LogP contribution in [-0.4, -0.2) is 18.0 Å². The molecule has 2 heterocycles. The highest BCUT2D eigenvalue weighted by Gasteiger charge is 2.10. The highest BCUT2D eigenvalue weighted by molar-refractivity contribution is 7.12. The number of rotatable bonds is 4. The average molecular weight is 350 g/mol. The number of methoxy groups -OCH3 is 1. The molecule has 2 aromatic carbocycles. The van der Waals surface area contributed by atoms with E-state index in [-0.39, 0.29) is 5.91 Å². The fourth-order valence-corrected chi connectivity index (χ4v) is 3.07. The summed E-state index contributed by atoms with van der Waals surface area (Å²) >= 11 is 1.41. The number of ether oxygens (including phenoxy) is 1. The summed E-state index contributed by atoms with van der Waals surface area (Å²) in [7, 11) is 1.62. The smallest absolute Gasteiger partial charge is 0.265 e. The van der Waals surface area contributed by atoms with Crippen molar-refractivity contribution in [1.82, 2.24) is 4.98 Å². The Morgan fingerprint density at radius 2 is 2.00 bits per heavy atom. The summed E-state index contributed by atoms with van der Waals surface area (Å²) in [6, 6.07) is 16.5. The molecule has 0 radical (unpaired) electrons. The Morgan fingerprint density at radius 1 is 1.16 bits per heavy atom. The van der Waals surface area contributed by atoms with E-state index in [2.05, 4.69) is 10.3 Å². The first-order chi connectivity index (χ1) is 12.2. The lowest BCUT2D eigenvalue weighted by atomic mass is 10.2. The molecular weight excluding hydrogens is 336 g/mol. The number of anilines is 1. The van der Waals surface area contributed by atoms with Crippen LogP contribution in [0.4, 0.5) is 5.69 Å². The molecule has 0 aliphatic carbocycles. The molecular formula is C19H14N2O3S. The van der Waals surface area contributed by atoms with Crippen LogP contribution >= 0.6 is 11.3 Å². The zero-order valence-corrected chi connectivity index (χ0v) is 14.2. The predicted molar refractivity (Wildman–Crippen MR) is 98.3 cm³/mol. The Labute approximate surface area is 147 Å². The Balaban J connectivity index is 1.56. The van der Waals surface area contributed by atoms with Gasteiger partial charge in [-0.3, -0.25) is 4.79 Å². The molecule has 0 atom stereocenters. The molecule has 5 nitrogen and oxygen atoms in total. The summed E-state index contributed by atoms with van der Waals surface area (Å²) < 4.78 is 11.0. The maximum Gasteiger partial charge on any atom is 0.265 e. The number of carbonyl (C=O) groups excluding carboxylic acids is 1. The van der Waals surface area contributed by atoms with Gasteiger partial charge in [0.25, 0.3) is 5.91 Å². The van der Waals surface area contributed by atoms with E-state index in [0.29, 0.717) is 16.4 Å². The highest BCUT2D eigenvalue weighted by atomic mass is 32.1. The maximum absolute atomic E-state index is 12.1. The van der Waals surface area contributed by atoms with Crippen molar-refractivity contribution in [3.63, 3.8) is 0 Å². The van der Waals surface area contributed by atoms with Crippen LogP contribution in [-0.2, 0) is 0 Å². The van der Waals surface area contributed by atoms with Gasteiger partial charge in [-0.25, -0.2) is 4.98 Å². The van der Waals surface area contributed by atoms with Crippen molar-refractivity contribution in [3.8, 4) is 17.2 Å². The normalized spacial score (nSPS) is 10.8. The molecule has 124 valence electrons. The molecule has 0 unspecified atom stereocenters. The third-order valence-electron chi connectivity index (χ3n) is 3.73. The molecule has 25 heavy (non-hydrogen) atoms. The first-order valence-corrected chi connectivity index (χ1v) is 8.51. The molecule has 6 heteroatoms. The largest absolute Gasteiger partial charge is 0.497 e. The minimum Gasteiger partial charge on any atom is -0.497 e. The lowest BCUT2D eigenvalue weighted by molar-refractivity contribution is 0.103. The van der Waals surface area contributed by atoms with Crippen molar-refractivity contribution in [2.24, 2.45) is 0 Å². The van der Waals surface area contributed by atoms with Crippen LogP contribution < -0.4 is 10.1 Å². The lowest BCUT2D eigenvalue weighted by Crippen LogP contribution is -2.09. The van der Waals surface area contributed by atoms with E-state index in [0.717, 1.165) is 22.5 Å². The van der Waals surface area contributed by atoms with Gasteiger partial charge in [0.1, 0.15) is 11.3 Å². The Hall–Kier alpha value is -3.12. The number of fused-ring (bicyclic) bond motifs is 1. The molecule has 1 amide bonds. The summed E-state index contributed by atoms with van der Waals surface area (Å²) in [5, 5.41) is 4.74. The number of thiophene rings is 1. The number of nitrogens with one attached hydrogen (secondary N) is 1. The van der Waals surface area contributed by atoms with Crippen LogP contribution in [0.2, 0.25) is 0 Å². The number of oxazole rings is 1. The van der Waals surface area contributed by atoms with E-state index in [9.17, 15) is 4.79 Å². The van der Waals surface area contributed by atoms with Gasteiger partial charge in [-0.15, -0.1) is 11.3 Å². The summed E-state index contributed by atoms with van der Waals surface area (Å²) in [5.74, 6) is 1.15. The molecule has 2 aromatic heterocycles. The number of aromatic nitrogens is 1. The quantitative estimate of drug-likeness (QED) is 0.573. The third kappa shape index (κ3) is 3.12. The number of carbonyl (C=O) groups is 1. The molecule has 0 fully saturated rings. The minimum atomic E-state index is -0.114. The molecule has 0 aliphatic heterocycles. The predicted octanol–water partition coefficient (Wildman–Crippen LogP) is 4.82. The zero-order chi connectivity index (χ0) is 17.2. The van der Waals surface area contributed by atoms with Gasteiger partial charge in [-0.05, 0) is 47.8 Å². The number of hydrogen-bond donors (Lipinski definition) is 1. The van der Waals surface area contributed by atoms with Gasteiger partial charge < -0.3 is 14.5 Å². The van der Waals surface area contributed by atoms with Gasteiger partial charge in [0, 0.05) is 17.3 Å². The Morgan fingerprint density at radius 3 is 2.72 bits per heavy atom. The van der Waals surface area contributed by atoms with Gasteiger partial charge in [0.2, 0.25) is 5.89 Å². The lowest BCUT2D eigenvalue weighted by Gasteiger charge is -2.04. The van der Waals surface area contributed by atoms with Crippen molar-refractivity contribution >= 4 is 34.0 Å². The van der Waals surface area contributed by atoms with Crippen molar-refractivity contribution in [2.75, 3.05) is 12.4 Å². The Bertz CT molecular complexity index is 1020. The molecule has 4 rings (SSSR count). The third-order valence-corrected chi connectivity index (χ3v) is 4.60. The van der Waals surface area contributed by atoms with Gasteiger partial charge in [-0.1, -0.05) is 6.07 Å². The molecule has 0 aliphatic rings. The first kappa shape index (κ1) is 15.4. The highest BCUT2D eigenvalue weighted by Crippen LogP contribution is 2.27. The zero-order valence-electron chi connectivity index (χ0n) is 13.4. The monoisotopic (exact) mass is 350 g/mol. The fourth-order valence-electron chi connectivity index (χ4n) is 2.45. The van der Waals surface area contributed by atoms with Crippen LogP contribution in [0.5, 0.6) is 5.75 Å². The summed E-state index contributed by atoms with van der Waals surface area (Å²) in [5.41, 5.74) is 3.00. The van der Waals surface area contributed by atoms with E-state index >= 15 is 0 Å². The fraction of sp³-hybridized carbons (Fsp3) is 0.0526. The van der Waals surface area contributed by atoms with Gasteiger partial charge in [-0.2, -0.15) is 0 Å². The maximum atomic E-state index is 12.1. The minimum absolute atomic E-state index is 0.114. The SMILES string of the molecule is COc1ccc2oc(-c3ccc(NC(=O)c4cccs4)cc3)nc2c1. The first-order valence-electron chi connectivity index (χ1n) is 7.63. The van der Waals surface area contributed by atoms with Gasteiger partial charge in [0.15, 0.2) is 5.58 Å². The van der Waals surface area contributed by atoms with E-state index in [1.165, 1.54) is 11.3 Å². The van der Waals surface area contributed by atoms with Crippen LogP contribution in [0, 0.1) is 0 Å². The summed E-state index contributed by atoms with van der Waals surface area (Å²) in [6.45, 7) is 0. The van der Waals surface area contributed by atoms with Crippen LogP contribution in [0.1, 0.15) is 9.67 Å². The summed E-state index contributed by atoms with van der Waals surface area (Å²) in [4.78, 5) is 17.2. The van der Waals surface area contributed by atoms with Crippen molar-refractivity contribution in [2.45, 2.75) is 0 Å². The van der Waals surface area contributed by atoms with E-state index < -0.39 is 0 Å². The van der Waals surface area contributed by atoms with Gasteiger partial charge in [0.05, 0.1) is 12.0 Å². The van der Waals surface area contributed by atoms with E-state index in [4.69, 9.17) is 9.15 Å². The van der Waals surface area contributed by atoms with Crippen molar-refractivity contribution in [1.29, 1.82) is 0 Å².